The fourth-order valence-electron chi connectivity index (χ4n) is 0.316. The van der Waals surface area contributed by atoms with E-state index in [0.717, 1.165) is 0 Å². The van der Waals surface area contributed by atoms with Gasteiger partial charge in [-0.3, -0.25) is 0 Å². The van der Waals surface area contributed by atoms with Crippen LogP contribution in [-0.4, -0.2) is 0 Å². The van der Waals surface area contributed by atoms with Crippen molar-refractivity contribution in [3.05, 3.63) is 36.5 Å². The third-order valence-corrected chi connectivity index (χ3v) is 0.951. The van der Waals surface area contributed by atoms with Gasteiger partial charge in [-0.05, 0) is 13.8 Å². The summed E-state index contributed by atoms with van der Waals surface area (Å²) < 4.78 is 0. The molecule has 0 heterocycles. The summed E-state index contributed by atoms with van der Waals surface area (Å²) in [4.78, 5) is 0. The highest BCUT2D eigenvalue weighted by atomic mass is 13.8. The summed E-state index contributed by atoms with van der Waals surface area (Å²) in [5.41, 5.74) is 1.27. The molecule has 0 saturated carbocycles. The molecule has 0 spiro atoms. The van der Waals surface area contributed by atoms with E-state index in [1.807, 2.05) is 19.1 Å². The zero-order chi connectivity index (χ0) is 6.41. The van der Waals surface area contributed by atoms with Crippen molar-refractivity contribution in [2.45, 2.75) is 13.8 Å². The fraction of sp³-hybridized carbons (Fsp3) is 0.250. The Morgan fingerprint density at radius 3 is 2.50 bits per heavy atom. The Balaban J connectivity index is 3.69. The predicted octanol–water partition coefficient (Wildman–Crippen LogP) is 2.69. The van der Waals surface area contributed by atoms with Crippen LogP contribution in [0.2, 0.25) is 0 Å². The van der Waals surface area contributed by atoms with Crippen molar-refractivity contribution >= 4 is 0 Å². The summed E-state index contributed by atoms with van der Waals surface area (Å²) >= 11 is 0. The van der Waals surface area contributed by atoms with Gasteiger partial charge in [0.25, 0.3) is 0 Å². The van der Waals surface area contributed by atoms with E-state index in [1.54, 1.807) is 6.08 Å². The second-order valence-corrected chi connectivity index (χ2v) is 1.63. The Bertz CT molecular complexity index is 116. The Labute approximate surface area is 51.2 Å². The van der Waals surface area contributed by atoms with E-state index in [-0.39, 0.29) is 0 Å². The number of hydrogen-bond acceptors (Lipinski definition) is 0. The number of hydrogen-bond donors (Lipinski definition) is 0. The molecular formula is C8H12. The molecule has 44 valence electrons. The molecule has 0 aliphatic heterocycles. The lowest BCUT2D eigenvalue weighted by Crippen LogP contribution is -1.60. The van der Waals surface area contributed by atoms with Crippen LogP contribution in [0.15, 0.2) is 36.5 Å². The summed E-state index contributed by atoms with van der Waals surface area (Å²) in [5, 5.41) is 0. The molecule has 0 aliphatic rings. The minimum atomic E-state index is 1.27. The Morgan fingerprint density at radius 1 is 1.50 bits per heavy atom. The van der Waals surface area contributed by atoms with Gasteiger partial charge in [0.2, 0.25) is 0 Å². The zero-order valence-electron chi connectivity index (χ0n) is 5.52. The van der Waals surface area contributed by atoms with E-state index < -0.39 is 0 Å². The van der Waals surface area contributed by atoms with E-state index in [2.05, 4.69) is 19.6 Å². The van der Waals surface area contributed by atoms with E-state index >= 15 is 0 Å². The van der Waals surface area contributed by atoms with Gasteiger partial charge in [-0.2, -0.15) is 0 Å². The Hall–Kier alpha value is -0.780. The van der Waals surface area contributed by atoms with Crippen LogP contribution in [0, 0.1) is 0 Å². The Morgan fingerprint density at radius 2 is 2.12 bits per heavy atom. The second kappa shape index (κ2) is 4.38. The van der Waals surface area contributed by atoms with Gasteiger partial charge in [0.1, 0.15) is 0 Å². The predicted molar refractivity (Wildman–Crippen MR) is 38.8 cm³/mol. The average Bonchev–Trinajstić information content (AvgIpc) is 1.83. The molecule has 0 saturated heterocycles. The zero-order valence-corrected chi connectivity index (χ0v) is 5.52. The first kappa shape index (κ1) is 7.22. The molecule has 0 rings (SSSR count). The van der Waals surface area contributed by atoms with Gasteiger partial charge in [-0.25, -0.2) is 0 Å². The molecule has 0 fully saturated rings. The second-order valence-electron chi connectivity index (χ2n) is 1.63. The summed E-state index contributed by atoms with van der Waals surface area (Å²) in [6.07, 6.45) is 7.77. The highest BCUT2D eigenvalue weighted by molar-refractivity contribution is 5.18. The van der Waals surface area contributed by atoms with Crippen LogP contribution in [-0.2, 0) is 0 Å². The standard InChI is InChI=1S/C8H12/c1-4-6-7-8(3)5-2/h4-7H,1H2,2-3H3/b7-6-,8-5+. The SMILES string of the molecule is C=C/C=C\C(C)=C\C. The van der Waals surface area contributed by atoms with Gasteiger partial charge in [-0.1, -0.05) is 36.5 Å². The summed E-state index contributed by atoms with van der Waals surface area (Å²) in [7, 11) is 0. The molecule has 0 aromatic rings. The largest absolute Gasteiger partial charge is 0.0991 e. The lowest BCUT2D eigenvalue weighted by atomic mass is 10.3. The molecule has 0 amide bonds. The van der Waals surface area contributed by atoms with Crippen LogP contribution < -0.4 is 0 Å². The van der Waals surface area contributed by atoms with Crippen LogP contribution in [0.5, 0.6) is 0 Å². The van der Waals surface area contributed by atoms with Crippen LogP contribution in [0.25, 0.3) is 0 Å². The van der Waals surface area contributed by atoms with Crippen LogP contribution in [0.4, 0.5) is 0 Å². The van der Waals surface area contributed by atoms with Crippen molar-refractivity contribution in [2.24, 2.45) is 0 Å². The van der Waals surface area contributed by atoms with Gasteiger partial charge < -0.3 is 0 Å². The van der Waals surface area contributed by atoms with Crippen molar-refractivity contribution in [3.8, 4) is 0 Å². The molecule has 0 radical (unpaired) electrons. The smallest absolute Gasteiger partial charge is 0.0401 e. The summed E-state index contributed by atoms with van der Waals surface area (Å²) in [5.74, 6) is 0. The fourth-order valence-corrected chi connectivity index (χ4v) is 0.316. The molecule has 0 heteroatoms. The molecule has 0 aliphatic carbocycles. The minimum Gasteiger partial charge on any atom is -0.0991 e. The Kier molecular flexibility index (Phi) is 3.95. The maximum absolute atomic E-state index is 3.55. The van der Waals surface area contributed by atoms with Crippen LogP contribution in [0.1, 0.15) is 13.8 Å². The summed E-state index contributed by atoms with van der Waals surface area (Å²) in [6.45, 7) is 7.63. The van der Waals surface area contributed by atoms with Gasteiger partial charge >= 0.3 is 0 Å². The van der Waals surface area contributed by atoms with Crippen molar-refractivity contribution in [2.75, 3.05) is 0 Å². The first-order chi connectivity index (χ1) is 3.81. The lowest BCUT2D eigenvalue weighted by molar-refractivity contribution is 1.48. The van der Waals surface area contributed by atoms with Crippen molar-refractivity contribution in [3.63, 3.8) is 0 Å². The topological polar surface area (TPSA) is 0 Å². The molecule has 0 atom stereocenters. The van der Waals surface area contributed by atoms with Crippen molar-refractivity contribution in [1.29, 1.82) is 0 Å². The van der Waals surface area contributed by atoms with Gasteiger partial charge in [-0.15, -0.1) is 0 Å². The lowest BCUT2D eigenvalue weighted by Gasteiger charge is -1.82. The normalized spacial score (nSPS) is 12.5. The first-order valence-electron chi connectivity index (χ1n) is 2.73. The molecule has 8 heavy (non-hydrogen) atoms. The maximum Gasteiger partial charge on any atom is -0.0401 e. The number of rotatable bonds is 2. The van der Waals surface area contributed by atoms with Gasteiger partial charge in [0.05, 0.1) is 0 Å². The average molecular weight is 108 g/mol. The number of allylic oxidation sites excluding steroid dienone is 5. The molecule has 0 bridgehead atoms. The molecule has 0 aromatic carbocycles. The van der Waals surface area contributed by atoms with Crippen LogP contribution in [0.3, 0.4) is 0 Å². The molecule has 0 N–H and O–H groups in total. The first-order valence-corrected chi connectivity index (χ1v) is 2.73. The maximum atomic E-state index is 3.55. The molecule has 0 aromatic heterocycles. The van der Waals surface area contributed by atoms with Gasteiger partial charge in [0.15, 0.2) is 0 Å². The quantitative estimate of drug-likeness (QED) is 0.477. The van der Waals surface area contributed by atoms with Crippen LogP contribution >= 0.6 is 0 Å². The third-order valence-electron chi connectivity index (χ3n) is 0.951. The highest BCUT2D eigenvalue weighted by Crippen LogP contribution is 1.92. The van der Waals surface area contributed by atoms with E-state index in [0.29, 0.717) is 0 Å². The van der Waals surface area contributed by atoms with E-state index in [9.17, 15) is 0 Å². The molecule has 0 nitrogen and oxygen atoms in total. The van der Waals surface area contributed by atoms with Crippen molar-refractivity contribution in [1.82, 2.24) is 0 Å². The highest BCUT2D eigenvalue weighted by Gasteiger charge is 1.70. The minimum absolute atomic E-state index is 1.27. The van der Waals surface area contributed by atoms with Crippen molar-refractivity contribution < 1.29 is 0 Å². The third kappa shape index (κ3) is 3.41. The molecular weight excluding hydrogens is 96.1 g/mol. The van der Waals surface area contributed by atoms with Gasteiger partial charge in [0, 0.05) is 0 Å². The van der Waals surface area contributed by atoms with E-state index in [1.165, 1.54) is 5.57 Å². The monoisotopic (exact) mass is 108 g/mol. The molecule has 0 unspecified atom stereocenters. The van der Waals surface area contributed by atoms with E-state index in [4.69, 9.17) is 0 Å². The summed E-state index contributed by atoms with van der Waals surface area (Å²) in [6, 6.07) is 0.